The minimum atomic E-state index is -1.62. The fourth-order valence-electron chi connectivity index (χ4n) is 8.23. The maximum atomic E-state index is 12.8. The van der Waals surface area contributed by atoms with Crippen molar-refractivity contribution in [3.63, 3.8) is 0 Å². The number of esters is 2. The van der Waals surface area contributed by atoms with Gasteiger partial charge in [0.1, 0.15) is 13.2 Å². The molecule has 394 valence electrons. The molecule has 0 radical (unpaired) electrons. The van der Waals surface area contributed by atoms with Gasteiger partial charge in [-0.2, -0.15) is 0 Å². The van der Waals surface area contributed by atoms with Gasteiger partial charge in [-0.3, -0.25) is 9.59 Å². The molecule has 0 amide bonds. The van der Waals surface area contributed by atoms with Crippen LogP contribution in [0.3, 0.4) is 0 Å². The van der Waals surface area contributed by atoms with Gasteiger partial charge >= 0.3 is 11.9 Å². The van der Waals surface area contributed by atoms with E-state index in [1.165, 1.54) is 186 Å². The third-order valence-electron chi connectivity index (χ3n) is 12.7. The highest BCUT2D eigenvalue weighted by molar-refractivity contribution is 5.70. The lowest BCUT2D eigenvalue weighted by molar-refractivity contribution is -0.870. The van der Waals surface area contributed by atoms with Crippen LogP contribution in [0.2, 0.25) is 0 Å². The van der Waals surface area contributed by atoms with Gasteiger partial charge in [0.25, 0.3) is 0 Å². The van der Waals surface area contributed by atoms with Crippen molar-refractivity contribution in [1.29, 1.82) is 0 Å². The van der Waals surface area contributed by atoms with Gasteiger partial charge in [0.05, 0.1) is 40.3 Å². The van der Waals surface area contributed by atoms with Crippen LogP contribution in [0.5, 0.6) is 0 Å². The number of unbranched alkanes of at least 4 members (excludes halogenated alkanes) is 34. The number of carbonyl (C=O) groups is 3. The SMILES string of the molecule is CCCCCCCC/C=C\CCCCCCCC(=O)OCC(COC(OCC[N+](C)(C)C)C(=O)[O-])OC(=O)CCCCCCCCCCCCCCCCC/C=C\CCCCCCCCCC. The first-order chi connectivity index (χ1) is 32.6. The minimum absolute atomic E-state index is 0.149. The molecular weight excluding hydrogens is 839 g/mol. The Labute approximate surface area is 414 Å². The minimum Gasteiger partial charge on any atom is -0.545 e. The van der Waals surface area contributed by atoms with Gasteiger partial charge in [0.2, 0.25) is 0 Å². The number of rotatable bonds is 53. The topological polar surface area (TPSA) is 111 Å². The molecule has 0 aromatic heterocycles. The number of carbonyl (C=O) groups excluding carboxylic acids is 3. The third kappa shape index (κ3) is 51.4. The predicted octanol–water partition coefficient (Wildman–Crippen LogP) is 15.0. The van der Waals surface area contributed by atoms with E-state index < -0.39 is 24.3 Å². The van der Waals surface area contributed by atoms with Gasteiger partial charge in [-0.25, -0.2) is 0 Å². The second kappa shape index (κ2) is 50.2. The van der Waals surface area contributed by atoms with Crippen molar-refractivity contribution in [1.82, 2.24) is 0 Å². The van der Waals surface area contributed by atoms with E-state index in [0.29, 0.717) is 17.4 Å². The number of carboxylic acids is 1. The van der Waals surface area contributed by atoms with E-state index >= 15 is 0 Å². The van der Waals surface area contributed by atoms with Crippen molar-refractivity contribution in [2.45, 2.75) is 283 Å². The van der Waals surface area contributed by atoms with Gasteiger partial charge < -0.3 is 33.3 Å². The van der Waals surface area contributed by atoms with Crippen molar-refractivity contribution < 1.29 is 42.9 Å². The Balaban J connectivity index is 4.18. The molecule has 0 spiro atoms. The molecule has 0 saturated carbocycles. The normalized spacial score (nSPS) is 12.9. The molecule has 67 heavy (non-hydrogen) atoms. The molecule has 0 fully saturated rings. The number of hydrogen-bond acceptors (Lipinski definition) is 8. The van der Waals surface area contributed by atoms with Gasteiger partial charge in [-0.05, 0) is 64.2 Å². The summed E-state index contributed by atoms with van der Waals surface area (Å²) >= 11 is 0. The monoisotopic (exact) mass is 948 g/mol. The number of nitrogens with zero attached hydrogens (tertiary/aromatic N) is 1. The number of aliphatic carboxylic acids is 1. The van der Waals surface area contributed by atoms with Crippen LogP contribution in [-0.4, -0.2) is 82.3 Å². The Morgan fingerprint density at radius 2 is 0.761 bits per heavy atom. The maximum Gasteiger partial charge on any atom is 0.306 e. The van der Waals surface area contributed by atoms with E-state index in [1.807, 2.05) is 21.1 Å². The summed E-state index contributed by atoms with van der Waals surface area (Å²) in [5, 5.41) is 11.7. The predicted molar refractivity (Wildman–Crippen MR) is 279 cm³/mol. The van der Waals surface area contributed by atoms with Crippen LogP contribution in [0.15, 0.2) is 24.3 Å². The number of hydrogen-bond donors (Lipinski definition) is 0. The molecule has 0 aliphatic rings. The molecule has 0 aromatic carbocycles. The lowest BCUT2D eigenvalue weighted by Crippen LogP contribution is -2.44. The summed E-state index contributed by atoms with van der Waals surface area (Å²) in [6, 6.07) is 0. The molecule has 9 nitrogen and oxygen atoms in total. The largest absolute Gasteiger partial charge is 0.545 e. The van der Waals surface area contributed by atoms with Crippen molar-refractivity contribution in [2.75, 3.05) is 47.5 Å². The molecule has 0 heterocycles. The van der Waals surface area contributed by atoms with E-state index in [4.69, 9.17) is 18.9 Å². The van der Waals surface area contributed by atoms with Crippen LogP contribution in [0.4, 0.5) is 0 Å². The van der Waals surface area contributed by atoms with Crippen LogP contribution in [-0.2, 0) is 33.3 Å². The first-order valence-electron chi connectivity index (χ1n) is 28.5. The van der Waals surface area contributed by atoms with Crippen LogP contribution in [0, 0.1) is 0 Å². The van der Waals surface area contributed by atoms with E-state index in [0.717, 1.165) is 51.4 Å². The molecule has 0 aliphatic carbocycles. The fourth-order valence-corrected chi connectivity index (χ4v) is 8.23. The van der Waals surface area contributed by atoms with Gasteiger partial charge in [-0.15, -0.1) is 0 Å². The number of carboxylic acid groups (broad SMARTS) is 1. The van der Waals surface area contributed by atoms with E-state index in [2.05, 4.69) is 38.2 Å². The van der Waals surface area contributed by atoms with Crippen LogP contribution >= 0.6 is 0 Å². The van der Waals surface area contributed by atoms with Crippen LogP contribution < -0.4 is 5.11 Å². The highest BCUT2D eigenvalue weighted by atomic mass is 16.7. The zero-order chi connectivity index (χ0) is 49.2. The summed E-state index contributed by atoms with van der Waals surface area (Å²) in [4.78, 5) is 37.2. The fraction of sp³-hybridized carbons (Fsp3) is 0.879. The second-order valence-electron chi connectivity index (χ2n) is 20.6. The zero-order valence-electron chi connectivity index (χ0n) is 44.8. The van der Waals surface area contributed by atoms with Crippen LogP contribution in [0.1, 0.15) is 271 Å². The Bertz CT molecular complexity index is 1150. The van der Waals surface area contributed by atoms with Gasteiger partial charge in [0, 0.05) is 12.8 Å². The Kier molecular flexibility index (Phi) is 48.5. The molecule has 0 aromatic rings. The molecule has 0 bridgehead atoms. The zero-order valence-corrected chi connectivity index (χ0v) is 44.8. The lowest BCUT2D eigenvalue weighted by atomic mass is 10.0. The van der Waals surface area contributed by atoms with Crippen molar-refractivity contribution in [3.05, 3.63) is 24.3 Å². The standard InChI is InChI=1S/C58H109NO8/c1-6-8-10-12-14-16-18-20-22-23-24-25-26-27-28-29-30-31-32-33-35-37-39-41-43-45-47-49-56(61)67-54(53-66-58(57(62)63)64-51-50-59(3,4)5)52-65-55(60)48-46-44-42-40-38-36-34-21-19-17-15-13-11-9-7-2/h21,23-24,34,54,58H,6-20,22,25-33,35-53H2,1-5H3/b24-23-,34-21-. The van der Waals surface area contributed by atoms with Crippen molar-refractivity contribution in [3.8, 4) is 0 Å². The van der Waals surface area contributed by atoms with Crippen LogP contribution in [0.25, 0.3) is 0 Å². The third-order valence-corrected chi connectivity index (χ3v) is 12.7. The first kappa shape index (κ1) is 64.8. The summed E-state index contributed by atoms with van der Waals surface area (Å²) in [6.07, 6.45) is 55.1. The van der Waals surface area contributed by atoms with E-state index in [9.17, 15) is 19.5 Å². The summed E-state index contributed by atoms with van der Waals surface area (Å²) in [7, 11) is 5.92. The van der Waals surface area contributed by atoms with Gasteiger partial charge in [-0.1, -0.05) is 218 Å². The Hall–Kier alpha value is -2.23. The molecular formula is C58H109NO8. The molecule has 2 atom stereocenters. The van der Waals surface area contributed by atoms with E-state index in [1.54, 1.807) is 0 Å². The summed E-state index contributed by atoms with van der Waals surface area (Å²) < 4.78 is 22.7. The average molecular weight is 949 g/mol. The summed E-state index contributed by atoms with van der Waals surface area (Å²) in [5.41, 5.74) is 0. The molecule has 9 heteroatoms. The maximum absolute atomic E-state index is 12.8. The highest BCUT2D eigenvalue weighted by Gasteiger charge is 2.22. The van der Waals surface area contributed by atoms with E-state index in [-0.39, 0.29) is 38.6 Å². The Morgan fingerprint density at radius 3 is 1.10 bits per heavy atom. The molecule has 0 rings (SSSR count). The molecule has 0 saturated heterocycles. The average Bonchev–Trinajstić information content (AvgIpc) is 3.29. The van der Waals surface area contributed by atoms with Crippen molar-refractivity contribution in [2.24, 2.45) is 0 Å². The molecule has 0 N–H and O–H groups in total. The number of likely N-dealkylation sites (N-methyl/N-ethyl adjacent to an activating group) is 1. The Morgan fingerprint density at radius 1 is 0.433 bits per heavy atom. The van der Waals surface area contributed by atoms with Gasteiger partial charge in [0.15, 0.2) is 12.4 Å². The number of quaternary nitrogens is 1. The summed E-state index contributed by atoms with van der Waals surface area (Å²) in [5.74, 6) is -2.28. The molecule has 2 unspecified atom stereocenters. The first-order valence-corrected chi connectivity index (χ1v) is 28.5. The quantitative estimate of drug-likeness (QED) is 0.0195. The van der Waals surface area contributed by atoms with Crippen molar-refractivity contribution >= 4 is 17.9 Å². The molecule has 0 aliphatic heterocycles. The highest BCUT2D eigenvalue weighted by Crippen LogP contribution is 2.16. The lowest BCUT2D eigenvalue weighted by Gasteiger charge is -2.26. The summed E-state index contributed by atoms with van der Waals surface area (Å²) in [6.45, 7) is 4.77. The second-order valence-corrected chi connectivity index (χ2v) is 20.6. The smallest absolute Gasteiger partial charge is 0.306 e. The number of allylic oxidation sites excluding steroid dienone is 4. The number of ether oxygens (including phenoxy) is 4.